The first-order chi connectivity index (χ1) is 12.2. The first-order valence-electron chi connectivity index (χ1n) is 8.01. The van der Waals surface area contributed by atoms with Crippen LogP contribution in [0.2, 0.25) is 0 Å². The van der Waals surface area contributed by atoms with Crippen molar-refractivity contribution in [3.8, 4) is 5.75 Å². The lowest BCUT2D eigenvalue weighted by atomic mass is 10.2. The van der Waals surface area contributed by atoms with E-state index in [0.717, 1.165) is 11.1 Å². The van der Waals surface area contributed by atoms with Crippen LogP contribution in [0.5, 0.6) is 5.75 Å². The minimum atomic E-state index is -0.253. The topological polar surface area (TPSA) is 84.3 Å². The second kappa shape index (κ2) is 7.72. The molecule has 0 aliphatic carbocycles. The van der Waals surface area contributed by atoms with Crippen molar-refractivity contribution in [2.75, 3.05) is 13.2 Å². The summed E-state index contributed by atoms with van der Waals surface area (Å²) in [5, 5.41) is 11.6. The average Bonchev–Trinajstić information content (AvgIpc) is 2.64. The molecular weight excluding hydrogens is 318 g/mol. The highest BCUT2D eigenvalue weighted by atomic mass is 16.5. The van der Waals surface area contributed by atoms with Gasteiger partial charge in [-0.05, 0) is 36.8 Å². The molecule has 0 atom stereocenters. The van der Waals surface area contributed by atoms with E-state index in [1.165, 1.54) is 0 Å². The Hall–Kier alpha value is -2.99. The number of aliphatic hydroxyl groups is 1. The quantitative estimate of drug-likeness (QED) is 0.721. The van der Waals surface area contributed by atoms with Crippen molar-refractivity contribution in [3.63, 3.8) is 0 Å². The summed E-state index contributed by atoms with van der Waals surface area (Å²) in [6, 6.07) is 14.8. The summed E-state index contributed by atoms with van der Waals surface area (Å²) in [7, 11) is 0. The summed E-state index contributed by atoms with van der Waals surface area (Å²) in [5.41, 5.74) is 3.35. The Labute approximate surface area is 145 Å². The summed E-state index contributed by atoms with van der Waals surface area (Å²) in [6.07, 6.45) is 0. The van der Waals surface area contributed by atoms with Crippen LogP contribution in [0, 0.1) is 6.92 Å². The summed E-state index contributed by atoms with van der Waals surface area (Å²) in [6.45, 7) is 2.40. The van der Waals surface area contributed by atoms with E-state index in [0.29, 0.717) is 29.2 Å². The Morgan fingerprint density at radius 3 is 2.44 bits per heavy atom. The van der Waals surface area contributed by atoms with Gasteiger partial charge in [0.25, 0.3) is 5.91 Å². The molecule has 6 nitrogen and oxygen atoms in total. The number of para-hydroxylation sites is 2. The second-order valence-corrected chi connectivity index (χ2v) is 5.55. The molecular formula is C19H19N3O3. The third-order valence-corrected chi connectivity index (χ3v) is 3.70. The normalized spacial score (nSPS) is 10.6. The maximum absolute atomic E-state index is 12.4. The van der Waals surface area contributed by atoms with Crippen molar-refractivity contribution in [3.05, 3.63) is 65.5 Å². The van der Waals surface area contributed by atoms with Gasteiger partial charge >= 0.3 is 0 Å². The predicted octanol–water partition coefficient (Wildman–Crippen LogP) is 2.24. The van der Waals surface area contributed by atoms with Crippen molar-refractivity contribution in [1.82, 2.24) is 15.3 Å². The first kappa shape index (κ1) is 16.9. The number of aliphatic hydroxyl groups excluding tert-OH is 1. The molecule has 0 saturated carbocycles. The fourth-order valence-corrected chi connectivity index (χ4v) is 2.44. The zero-order valence-electron chi connectivity index (χ0n) is 13.9. The number of nitrogens with one attached hydrogen (secondary N) is 1. The van der Waals surface area contributed by atoms with Gasteiger partial charge in [0.15, 0.2) is 0 Å². The maximum atomic E-state index is 12.4. The van der Waals surface area contributed by atoms with Crippen LogP contribution in [-0.2, 0) is 6.54 Å². The Balaban J connectivity index is 1.67. The summed E-state index contributed by atoms with van der Waals surface area (Å²) < 4.78 is 5.31. The third-order valence-electron chi connectivity index (χ3n) is 3.70. The Morgan fingerprint density at radius 1 is 1.08 bits per heavy atom. The van der Waals surface area contributed by atoms with E-state index in [1.54, 1.807) is 19.1 Å². The fourth-order valence-electron chi connectivity index (χ4n) is 2.44. The third kappa shape index (κ3) is 4.10. The number of hydrogen-bond acceptors (Lipinski definition) is 5. The van der Waals surface area contributed by atoms with Gasteiger partial charge in [-0.25, -0.2) is 9.97 Å². The van der Waals surface area contributed by atoms with Gasteiger partial charge in [0.2, 0.25) is 0 Å². The van der Waals surface area contributed by atoms with E-state index in [2.05, 4.69) is 15.3 Å². The largest absolute Gasteiger partial charge is 0.491 e. The molecule has 1 amide bonds. The number of carbonyl (C=O) groups is 1. The molecule has 0 unspecified atom stereocenters. The Kier molecular flexibility index (Phi) is 5.20. The van der Waals surface area contributed by atoms with E-state index in [-0.39, 0.29) is 19.1 Å². The van der Waals surface area contributed by atoms with Crippen LogP contribution in [0.1, 0.15) is 21.7 Å². The molecule has 0 fully saturated rings. The van der Waals surface area contributed by atoms with Crippen LogP contribution < -0.4 is 10.1 Å². The molecule has 25 heavy (non-hydrogen) atoms. The number of amides is 1. The number of aryl methyl sites for hydroxylation is 1. The van der Waals surface area contributed by atoms with Gasteiger partial charge in [-0.2, -0.15) is 0 Å². The van der Waals surface area contributed by atoms with Gasteiger partial charge in [-0.1, -0.05) is 24.3 Å². The molecule has 0 spiro atoms. The van der Waals surface area contributed by atoms with E-state index >= 15 is 0 Å². The number of ether oxygens (including phenoxy) is 1. The van der Waals surface area contributed by atoms with E-state index < -0.39 is 0 Å². The van der Waals surface area contributed by atoms with Crippen LogP contribution in [0.3, 0.4) is 0 Å². The zero-order chi connectivity index (χ0) is 17.6. The van der Waals surface area contributed by atoms with Crippen molar-refractivity contribution >= 4 is 16.9 Å². The second-order valence-electron chi connectivity index (χ2n) is 5.55. The van der Waals surface area contributed by atoms with Crippen LogP contribution in [0.4, 0.5) is 0 Å². The molecule has 1 aromatic heterocycles. The number of rotatable bonds is 6. The zero-order valence-corrected chi connectivity index (χ0v) is 13.9. The first-order valence-corrected chi connectivity index (χ1v) is 8.01. The molecule has 2 aromatic carbocycles. The molecule has 0 bridgehead atoms. The fraction of sp³-hybridized carbons (Fsp3) is 0.211. The van der Waals surface area contributed by atoms with Crippen LogP contribution in [-0.4, -0.2) is 34.2 Å². The highest BCUT2D eigenvalue weighted by Crippen LogP contribution is 2.14. The van der Waals surface area contributed by atoms with E-state index in [9.17, 15) is 4.79 Å². The molecule has 2 N–H and O–H groups in total. The number of aromatic nitrogens is 2. The van der Waals surface area contributed by atoms with Gasteiger partial charge in [0.1, 0.15) is 18.1 Å². The van der Waals surface area contributed by atoms with Gasteiger partial charge in [-0.15, -0.1) is 0 Å². The van der Waals surface area contributed by atoms with Crippen LogP contribution in [0.15, 0.2) is 48.5 Å². The molecule has 1 heterocycles. The number of benzene rings is 2. The van der Waals surface area contributed by atoms with Crippen molar-refractivity contribution in [2.45, 2.75) is 13.5 Å². The molecule has 128 valence electrons. The highest BCUT2D eigenvalue weighted by Gasteiger charge is 2.13. The summed E-state index contributed by atoms with van der Waals surface area (Å²) in [4.78, 5) is 21.3. The molecule has 0 saturated heterocycles. The predicted molar refractivity (Wildman–Crippen MR) is 94.5 cm³/mol. The number of fused-ring (bicyclic) bond motifs is 1. The van der Waals surface area contributed by atoms with Gasteiger partial charge in [0.05, 0.1) is 23.3 Å². The molecule has 3 rings (SSSR count). The lowest BCUT2D eigenvalue weighted by molar-refractivity contribution is 0.0945. The lowest BCUT2D eigenvalue weighted by Gasteiger charge is -2.09. The SMILES string of the molecule is Cc1nc2ccccc2nc1C(=O)NCc1ccc(OCCO)cc1. The molecule has 6 heteroatoms. The van der Waals surface area contributed by atoms with Gasteiger partial charge < -0.3 is 15.2 Å². The smallest absolute Gasteiger partial charge is 0.272 e. The highest BCUT2D eigenvalue weighted by molar-refractivity contribution is 5.95. The van der Waals surface area contributed by atoms with Crippen molar-refractivity contribution < 1.29 is 14.6 Å². The average molecular weight is 337 g/mol. The van der Waals surface area contributed by atoms with E-state index in [4.69, 9.17) is 9.84 Å². The van der Waals surface area contributed by atoms with Crippen molar-refractivity contribution in [1.29, 1.82) is 0 Å². The maximum Gasteiger partial charge on any atom is 0.272 e. The summed E-state index contributed by atoms with van der Waals surface area (Å²) >= 11 is 0. The molecule has 0 radical (unpaired) electrons. The molecule has 0 aliphatic heterocycles. The monoisotopic (exact) mass is 337 g/mol. The van der Waals surface area contributed by atoms with Crippen LogP contribution in [0.25, 0.3) is 11.0 Å². The minimum absolute atomic E-state index is 0.0239. The molecule has 3 aromatic rings. The van der Waals surface area contributed by atoms with Crippen LogP contribution >= 0.6 is 0 Å². The Morgan fingerprint density at radius 2 is 1.76 bits per heavy atom. The number of nitrogens with zero attached hydrogens (tertiary/aromatic N) is 2. The lowest BCUT2D eigenvalue weighted by Crippen LogP contribution is -2.25. The molecule has 0 aliphatic rings. The Bertz CT molecular complexity index is 879. The summed E-state index contributed by atoms with van der Waals surface area (Å²) in [5.74, 6) is 0.428. The standard InChI is InChI=1S/C19H19N3O3/c1-13-18(22-17-5-3-2-4-16(17)21-13)19(24)20-12-14-6-8-15(9-7-14)25-11-10-23/h2-9,23H,10-12H2,1H3,(H,20,24). The van der Waals surface area contributed by atoms with Crippen molar-refractivity contribution in [2.24, 2.45) is 0 Å². The minimum Gasteiger partial charge on any atom is -0.491 e. The van der Waals surface area contributed by atoms with Gasteiger partial charge in [0, 0.05) is 6.54 Å². The van der Waals surface area contributed by atoms with Gasteiger partial charge in [-0.3, -0.25) is 4.79 Å². The number of carbonyl (C=O) groups excluding carboxylic acids is 1. The van der Waals surface area contributed by atoms with E-state index in [1.807, 2.05) is 36.4 Å². The number of hydrogen-bond donors (Lipinski definition) is 2.